The summed E-state index contributed by atoms with van der Waals surface area (Å²) >= 11 is 0. The SMILES string of the molecule is COCCN(C)CCNC(=O)c1cc2ccccc2oc1=O. The zero-order valence-corrected chi connectivity index (χ0v) is 12.8. The van der Waals surface area contributed by atoms with Crippen LogP contribution in [-0.2, 0) is 4.74 Å². The van der Waals surface area contributed by atoms with Crippen molar-refractivity contribution >= 4 is 16.9 Å². The van der Waals surface area contributed by atoms with Gasteiger partial charge in [0.05, 0.1) is 6.61 Å². The van der Waals surface area contributed by atoms with Crippen molar-refractivity contribution < 1.29 is 13.9 Å². The van der Waals surface area contributed by atoms with Crippen molar-refractivity contribution in [1.82, 2.24) is 10.2 Å². The van der Waals surface area contributed by atoms with Crippen molar-refractivity contribution in [2.45, 2.75) is 0 Å². The molecule has 0 bridgehead atoms. The zero-order chi connectivity index (χ0) is 15.9. The van der Waals surface area contributed by atoms with E-state index in [2.05, 4.69) is 5.32 Å². The second-order valence-corrected chi connectivity index (χ2v) is 5.04. The van der Waals surface area contributed by atoms with Crippen molar-refractivity contribution in [2.24, 2.45) is 0 Å². The summed E-state index contributed by atoms with van der Waals surface area (Å²) in [5.41, 5.74) is -0.120. The molecule has 1 aromatic heterocycles. The predicted octanol–water partition coefficient (Wildman–Crippen LogP) is 1.10. The third-order valence-electron chi connectivity index (χ3n) is 3.34. The monoisotopic (exact) mass is 304 g/mol. The minimum Gasteiger partial charge on any atom is -0.422 e. The Labute approximate surface area is 128 Å². The lowest BCUT2D eigenvalue weighted by Gasteiger charge is -2.16. The Morgan fingerprint density at radius 1 is 1.32 bits per heavy atom. The van der Waals surface area contributed by atoms with Crippen LogP contribution in [-0.4, -0.2) is 51.2 Å². The highest BCUT2D eigenvalue weighted by molar-refractivity contribution is 5.96. The number of likely N-dealkylation sites (N-methyl/N-ethyl adjacent to an activating group) is 1. The molecule has 0 aliphatic heterocycles. The summed E-state index contributed by atoms with van der Waals surface area (Å²) in [6.45, 7) is 2.54. The highest BCUT2D eigenvalue weighted by atomic mass is 16.5. The van der Waals surface area contributed by atoms with Gasteiger partial charge < -0.3 is 19.4 Å². The van der Waals surface area contributed by atoms with Crippen LogP contribution in [0.3, 0.4) is 0 Å². The number of carbonyl (C=O) groups excluding carboxylic acids is 1. The van der Waals surface area contributed by atoms with Crippen LogP contribution in [0.4, 0.5) is 0 Å². The van der Waals surface area contributed by atoms with Gasteiger partial charge in [-0.2, -0.15) is 0 Å². The van der Waals surface area contributed by atoms with Crippen molar-refractivity contribution in [3.05, 3.63) is 46.3 Å². The molecule has 6 heteroatoms. The van der Waals surface area contributed by atoms with Gasteiger partial charge in [0, 0.05) is 32.1 Å². The molecular weight excluding hydrogens is 284 g/mol. The van der Waals surface area contributed by atoms with Crippen LogP contribution in [0.5, 0.6) is 0 Å². The van der Waals surface area contributed by atoms with E-state index >= 15 is 0 Å². The molecule has 2 aromatic rings. The first-order valence-corrected chi connectivity index (χ1v) is 7.10. The minimum absolute atomic E-state index is 0.0262. The van der Waals surface area contributed by atoms with E-state index in [0.717, 1.165) is 11.9 Å². The maximum Gasteiger partial charge on any atom is 0.349 e. The molecule has 6 nitrogen and oxygen atoms in total. The summed E-state index contributed by atoms with van der Waals surface area (Å²) < 4.78 is 10.1. The average Bonchev–Trinajstić information content (AvgIpc) is 2.52. The highest BCUT2D eigenvalue weighted by Gasteiger charge is 2.13. The van der Waals surface area contributed by atoms with Crippen LogP contribution in [0, 0.1) is 0 Å². The molecule has 1 aromatic carbocycles. The Bertz CT molecular complexity index is 696. The second-order valence-electron chi connectivity index (χ2n) is 5.04. The third kappa shape index (κ3) is 4.16. The van der Waals surface area contributed by atoms with Gasteiger partial charge in [0.25, 0.3) is 5.91 Å². The third-order valence-corrected chi connectivity index (χ3v) is 3.34. The molecule has 0 saturated heterocycles. The summed E-state index contributed by atoms with van der Waals surface area (Å²) in [5.74, 6) is -0.417. The molecule has 0 aliphatic rings. The van der Waals surface area contributed by atoms with Crippen molar-refractivity contribution in [3.63, 3.8) is 0 Å². The number of para-hydroxylation sites is 1. The van der Waals surface area contributed by atoms with E-state index < -0.39 is 11.5 Å². The van der Waals surface area contributed by atoms with Gasteiger partial charge in [0.15, 0.2) is 0 Å². The van der Waals surface area contributed by atoms with Gasteiger partial charge in [0.1, 0.15) is 11.1 Å². The number of fused-ring (bicyclic) bond motifs is 1. The van der Waals surface area contributed by atoms with Crippen LogP contribution in [0.2, 0.25) is 0 Å². The molecule has 1 heterocycles. The van der Waals surface area contributed by atoms with E-state index in [-0.39, 0.29) is 5.56 Å². The van der Waals surface area contributed by atoms with E-state index in [9.17, 15) is 9.59 Å². The summed E-state index contributed by atoms with van der Waals surface area (Å²) in [7, 11) is 3.59. The number of benzene rings is 1. The van der Waals surface area contributed by atoms with Crippen LogP contribution < -0.4 is 10.9 Å². The quantitative estimate of drug-likeness (QED) is 0.776. The lowest BCUT2D eigenvalue weighted by Crippen LogP contribution is -2.35. The normalized spacial score (nSPS) is 11.0. The summed E-state index contributed by atoms with van der Waals surface area (Å²) in [5, 5.41) is 3.46. The maximum atomic E-state index is 12.1. The number of amides is 1. The summed E-state index contributed by atoms with van der Waals surface area (Å²) in [4.78, 5) is 26.0. The number of nitrogens with one attached hydrogen (secondary N) is 1. The Kier molecular flexibility index (Phi) is 5.68. The maximum absolute atomic E-state index is 12.1. The fourth-order valence-corrected chi connectivity index (χ4v) is 2.03. The zero-order valence-electron chi connectivity index (χ0n) is 12.8. The van der Waals surface area contributed by atoms with Crippen LogP contribution >= 0.6 is 0 Å². The van der Waals surface area contributed by atoms with Crippen LogP contribution in [0.15, 0.2) is 39.5 Å². The number of ether oxygens (including phenoxy) is 1. The molecular formula is C16H20N2O4. The largest absolute Gasteiger partial charge is 0.422 e. The molecule has 0 saturated carbocycles. The fourth-order valence-electron chi connectivity index (χ4n) is 2.03. The number of hydrogen-bond acceptors (Lipinski definition) is 5. The van der Waals surface area contributed by atoms with E-state index in [4.69, 9.17) is 9.15 Å². The lowest BCUT2D eigenvalue weighted by atomic mass is 10.2. The molecule has 1 N–H and O–H groups in total. The number of rotatable bonds is 7. The van der Waals surface area contributed by atoms with Crippen molar-refractivity contribution in [3.8, 4) is 0 Å². The lowest BCUT2D eigenvalue weighted by molar-refractivity contribution is 0.0944. The topological polar surface area (TPSA) is 71.8 Å². The number of methoxy groups -OCH3 is 1. The molecule has 0 radical (unpaired) electrons. The Balaban J connectivity index is 1.98. The Morgan fingerprint density at radius 3 is 2.86 bits per heavy atom. The fraction of sp³-hybridized carbons (Fsp3) is 0.375. The van der Waals surface area contributed by atoms with Gasteiger partial charge in [0.2, 0.25) is 0 Å². The van der Waals surface area contributed by atoms with Gasteiger partial charge in [-0.05, 0) is 19.2 Å². The van der Waals surface area contributed by atoms with Gasteiger partial charge in [-0.1, -0.05) is 18.2 Å². The standard InChI is InChI=1S/C16H20N2O4/c1-18(9-10-21-2)8-7-17-15(19)13-11-12-5-3-4-6-14(12)22-16(13)20/h3-6,11H,7-10H2,1-2H3,(H,17,19). The van der Waals surface area contributed by atoms with Crippen molar-refractivity contribution in [1.29, 1.82) is 0 Å². The van der Waals surface area contributed by atoms with Crippen molar-refractivity contribution in [2.75, 3.05) is 40.4 Å². The van der Waals surface area contributed by atoms with Crippen LogP contribution in [0.1, 0.15) is 10.4 Å². The molecule has 0 fully saturated rings. The van der Waals surface area contributed by atoms with Gasteiger partial charge in [-0.3, -0.25) is 4.79 Å². The van der Waals surface area contributed by atoms with Crippen LogP contribution in [0.25, 0.3) is 11.0 Å². The summed E-state index contributed by atoms with van der Waals surface area (Å²) in [6.07, 6.45) is 0. The van der Waals surface area contributed by atoms with E-state index in [1.807, 2.05) is 18.0 Å². The average molecular weight is 304 g/mol. The molecule has 118 valence electrons. The molecule has 1 amide bonds. The van der Waals surface area contributed by atoms with Gasteiger partial charge in [-0.25, -0.2) is 4.79 Å². The summed E-state index contributed by atoms with van der Waals surface area (Å²) in [6, 6.07) is 8.66. The predicted molar refractivity (Wildman–Crippen MR) is 84.2 cm³/mol. The molecule has 0 atom stereocenters. The molecule has 0 aliphatic carbocycles. The highest BCUT2D eigenvalue weighted by Crippen LogP contribution is 2.12. The van der Waals surface area contributed by atoms with Gasteiger partial charge in [-0.15, -0.1) is 0 Å². The number of hydrogen-bond donors (Lipinski definition) is 1. The second kappa shape index (κ2) is 7.72. The number of carbonyl (C=O) groups is 1. The molecule has 22 heavy (non-hydrogen) atoms. The first-order chi connectivity index (χ1) is 10.6. The van der Waals surface area contributed by atoms with E-state index in [1.165, 1.54) is 0 Å². The molecule has 2 rings (SSSR count). The van der Waals surface area contributed by atoms with Gasteiger partial charge >= 0.3 is 5.63 Å². The minimum atomic E-state index is -0.621. The Morgan fingerprint density at radius 2 is 2.09 bits per heavy atom. The molecule has 0 spiro atoms. The smallest absolute Gasteiger partial charge is 0.349 e. The first kappa shape index (κ1) is 16.2. The number of nitrogens with zero attached hydrogens (tertiary/aromatic N) is 1. The molecule has 0 unspecified atom stereocenters. The van der Waals surface area contributed by atoms with E-state index in [1.54, 1.807) is 31.4 Å². The Hall–Kier alpha value is -2.18. The first-order valence-electron chi connectivity index (χ1n) is 7.10. The van der Waals surface area contributed by atoms with E-state index in [0.29, 0.717) is 25.3 Å².